The van der Waals surface area contributed by atoms with Gasteiger partial charge in [-0.1, -0.05) is 41.4 Å². The van der Waals surface area contributed by atoms with Crippen LogP contribution in [0.25, 0.3) is 0 Å². The Morgan fingerprint density at radius 2 is 1.52 bits per heavy atom. The van der Waals surface area contributed by atoms with Crippen molar-refractivity contribution in [2.75, 3.05) is 24.4 Å². The fourth-order valence-electron chi connectivity index (χ4n) is 2.86. The van der Waals surface area contributed by atoms with Crippen LogP contribution in [0.3, 0.4) is 0 Å². The lowest BCUT2D eigenvalue weighted by molar-refractivity contribution is -0.118. The first-order valence-electron chi connectivity index (χ1n) is 9.71. The minimum Gasteiger partial charge on any atom is -0.493 e. The van der Waals surface area contributed by atoms with Gasteiger partial charge in [0, 0.05) is 28.0 Å². The Morgan fingerprint density at radius 3 is 2.16 bits per heavy atom. The molecule has 0 spiro atoms. The minimum atomic E-state index is -0.288. The van der Waals surface area contributed by atoms with E-state index in [0.29, 0.717) is 28.8 Å². The topological polar surface area (TPSA) is 59.6 Å². The van der Waals surface area contributed by atoms with Crippen LogP contribution in [0.5, 0.6) is 11.5 Å². The van der Waals surface area contributed by atoms with Crippen molar-refractivity contribution in [2.24, 2.45) is 0 Å². The van der Waals surface area contributed by atoms with E-state index < -0.39 is 0 Å². The van der Waals surface area contributed by atoms with Gasteiger partial charge in [-0.3, -0.25) is 4.79 Å². The third-order valence-electron chi connectivity index (χ3n) is 4.71. The first kappa shape index (κ1) is 22.8. The zero-order chi connectivity index (χ0) is 22.4. The Morgan fingerprint density at radius 1 is 0.871 bits per heavy atom. The van der Waals surface area contributed by atoms with Gasteiger partial charge in [-0.15, -0.1) is 0 Å². The Kier molecular flexibility index (Phi) is 7.66. The molecule has 2 N–H and O–H groups in total. The zero-order valence-corrected chi connectivity index (χ0v) is 19.1. The third-order valence-corrected chi connectivity index (χ3v) is 5.53. The van der Waals surface area contributed by atoms with E-state index in [1.807, 2.05) is 50.2 Å². The molecule has 0 saturated heterocycles. The van der Waals surface area contributed by atoms with Crippen molar-refractivity contribution in [3.8, 4) is 11.5 Å². The van der Waals surface area contributed by atoms with Crippen molar-refractivity contribution in [2.45, 2.75) is 20.4 Å². The maximum absolute atomic E-state index is 12.2. The van der Waals surface area contributed by atoms with Crippen molar-refractivity contribution >= 4 is 40.5 Å². The Bertz CT molecular complexity index is 1090. The van der Waals surface area contributed by atoms with Crippen molar-refractivity contribution in [3.05, 3.63) is 81.3 Å². The maximum Gasteiger partial charge on any atom is 0.262 e. The van der Waals surface area contributed by atoms with Crippen molar-refractivity contribution in [3.63, 3.8) is 0 Å². The molecule has 0 aliphatic heterocycles. The maximum atomic E-state index is 12.2. The number of nitrogens with one attached hydrogen (secondary N) is 2. The fraction of sp³-hybridized carbons (Fsp3) is 0.208. The van der Waals surface area contributed by atoms with E-state index in [1.54, 1.807) is 25.3 Å². The quantitative estimate of drug-likeness (QED) is 0.418. The van der Waals surface area contributed by atoms with Gasteiger partial charge in [-0.25, -0.2) is 0 Å². The first-order chi connectivity index (χ1) is 14.9. The van der Waals surface area contributed by atoms with Gasteiger partial charge in [0.05, 0.1) is 7.11 Å². The highest BCUT2D eigenvalue weighted by Crippen LogP contribution is 2.29. The van der Waals surface area contributed by atoms with Gasteiger partial charge in [0.25, 0.3) is 5.91 Å². The summed E-state index contributed by atoms with van der Waals surface area (Å²) in [4.78, 5) is 12.2. The number of aryl methyl sites for hydroxylation is 2. The average molecular weight is 459 g/mol. The summed E-state index contributed by atoms with van der Waals surface area (Å²) in [6.45, 7) is 4.30. The van der Waals surface area contributed by atoms with Crippen LogP contribution in [-0.4, -0.2) is 19.6 Å². The van der Waals surface area contributed by atoms with E-state index in [0.717, 1.165) is 27.4 Å². The summed E-state index contributed by atoms with van der Waals surface area (Å²) in [5, 5.41) is 7.41. The molecule has 0 bridgehead atoms. The van der Waals surface area contributed by atoms with E-state index in [2.05, 4.69) is 10.6 Å². The smallest absolute Gasteiger partial charge is 0.262 e. The lowest BCUT2D eigenvalue weighted by atomic mass is 10.2. The Balaban J connectivity index is 1.58. The number of methoxy groups -OCH3 is 1. The highest BCUT2D eigenvalue weighted by atomic mass is 35.5. The Hall–Kier alpha value is -2.89. The standard InChI is InChI=1S/C24H24Cl2N2O3/c1-15-4-7-18(11-20(15)25)27-13-17-6-9-22(23(10-17)30-3)31-14-24(29)28-19-8-5-16(2)21(26)12-19/h4-12,27H,13-14H2,1-3H3,(H,28,29). The molecule has 0 aromatic heterocycles. The second kappa shape index (κ2) is 10.4. The molecule has 1 amide bonds. The summed E-state index contributed by atoms with van der Waals surface area (Å²) in [5.74, 6) is 0.748. The van der Waals surface area contributed by atoms with Gasteiger partial charge in [-0.2, -0.15) is 0 Å². The summed E-state index contributed by atoms with van der Waals surface area (Å²) in [5.41, 5.74) is 4.53. The van der Waals surface area contributed by atoms with Gasteiger partial charge >= 0.3 is 0 Å². The number of anilines is 2. The van der Waals surface area contributed by atoms with Gasteiger partial charge in [0.15, 0.2) is 18.1 Å². The largest absolute Gasteiger partial charge is 0.493 e. The molecule has 31 heavy (non-hydrogen) atoms. The number of amides is 1. The molecule has 0 aliphatic carbocycles. The fourth-order valence-corrected chi connectivity index (χ4v) is 3.22. The summed E-state index contributed by atoms with van der Waals surface area (Å²) in [7, 11) is 1.56. The second-order valence-corrected chi connectivity index (χ2v) is 7.92. The average Bonchev–Trinajstić information content (AvgIpc) is 2.76. The molecule has 0 aliphatic rings. The molecule has 0 radical (unpaired) electrons. The summed E-state index contributed by atoms with van der Waals surface area (Å²) in [6, 6.07) is 16.8. The molecule has 0 heterocycles. The molecule has 5 nitrogen and oxygen atoms in total. The van der Waals surface area contributed by atoms with Gasteiger partial charge < -0.3 is 20.1 Å². The lowest BCUT2D eigenvalue weighted by Crippen LogP contribution is -2.20. The zero-order valence-electron chi connectivity index (χ0n) is 17.6. The number of hydrogen-bond acceptors (Lipinski definition) is 4. The monoisotopic (exact) mass is 458 g/mol. The Labute approximate surface area is 192 Å². The van der Waals surface area contributed by atoms with Crippen LogP contribution in [0.4, 0.5) is 11.4 Å². The van der Waals surface area contributed by atoms with E-state index in [-0.39, 0.29) is 12.5 Å². The van der Waals surface area contributed by atoms with Crippen LogP contribution in [0.2, 0.25) is 10.0 Å². The van der Waals surface area contributed by atoms with E-state index in [1.165, 1.54) is 0 Å². The normalized spacial score (nSPS) is 10.5. The molecule has 3 aromatic carbocycles. The molecule has 0 unspecified atom stereocenters. The highest BCUT2D eigenvalue weighted by molar-refractivity contribution is 6.32. The molecular weight excluding hydrogens is 435 g/mol. The predicted octanol–water partition coefficient (Wildman–Crippen LogP) is 6.25. The molecular formula is C24H24Cl2N2O3. The van der Waals surface area contributed by atoms with E-state index in [4.69, 9.17) is 32.7 Å². The molecule has 0 atom stereocenters. The molecule has 162 valence electrons. The van der Waals surface area contributed by atoms with Gasteiger partial charge in [-0.05, 0) is 66.9 Å². The minimum absolute atomic E-state index is 0.151. The molecule has 3 aromatic rings. The number of carbonyl (C=O) groups excluding carboxylic acids is 1. The van der Waals surface area contributed by atoms with Crippen LogP contribution in [0.15, 0.2) is 54.6 Å². The van der Waals surface area contributed by atoms with Crippen LogP contribution in [-0.2, 0) is 11.3 Å². The number of rotatable bonds is 8. The lowest BCUT2D eigenvalue weighted by Gasteiger charge is -2.13. The van der Waals surface area contributed by atoms with Crippen LogP contribution < -0.4 is 20.1 Å². The number of benzene rings is 3. The first-order valence-corrected chi connectivity index (χ1v) is 10.5. The van der Waals surface area contributed by atoms with Crippen molar-refractivity contribution < 1.29 is 14.3 Å². The number of halogens is 2. The predicted molar refractivity (Wildman–Crippen MR) is 127 cm³/mol. The van der Waals surface area contributed by atoms with Crippen LogP contribution in [0, 0.1) is 13.8 Å². The number of hydrogen-bond donors (Lipinski definition) is 2. The molecule has 0 saturated carbocycles. The van der Waals surface area contributed by atoms with Crippen molar-refractivity contribution in [1.82, 2.24) is 0 Å². The summed E-state index contributed by atoms with van der Waals surface area (Å²) < 4.78 is 11.1. The summed E-state index contributed by atoms with van der Waals surface area (Å²) in [6.07, 6.45) is 0. The van der Waals surface area contributed by atoms with Crippen molar-refractivity contribution in [1.29, 1.82) is 0 Å². The number of carbonyl (C=O) groups is 1. The van der Waals surface area contributed by atoms with Gasteiger partial charge in [0.1, 0.15) is 0 Å². The molecule has 7 heteroatoms. The SMILES string of the molecule is COc1cc(CNc2ccc(C)c(Cl)c2)ccc1OCC(=O)Nc1ccc(C)c(Cl)c1. The second-order valence-electron chi connectivity index (χ2n) is 7.10. The third kappa shape index (κ3) is 6.29. The molecule has 0 fully saturated rings. The van der Waals surface area contributed by atoms with E-state index >= 15 is 0 Å². The number of ether oxygens (including phenoxy) is 2. The van der Waals surface area contributed by atoms with E-state index in [9.17, 15) is 4.79 Å². The van der Waals surface area contributed by atoms with Gasteiger partial charge in [0.2, 0.25) is 0 Å². The molecule has 3 rings (SSSR count). The van der Waals surface area contributed by atoms with Crippen LogP contribution >= 0.6 is 23.2 Å². The summed E-state index contributed by atoms with van der Waals surface area (Å²) >= 11 is 12.3. The highest BCUT2D eigenvalue weighted by Gasteiger charge is 2.10. The van der Waals surface area contributed by atoms with Crippen LogP contribution in [0.1, 0.15) is 16.7 Å².